The van der Waals surface area contributed by atoms with Crippen LogP contribution in [0.4, 0.5) is 0 Å². The van der Waals surface area contributed by atoms with Crippen LogP contribution in [-0.4, -0.2) is 10.1 Å². The number of hydrogen-bond donors (Lipinski definition) is 1. The predicted octanol–water partition coefficient (Wildman–Crippen LogP) is 3.62. The molecule has 0 spiro atoms. The van der Waals surface area contributed by atoms with Crippen LogP contribution in [-0.2, 0) is 0 Å². The zero-order valence-electron chi connectivity index (χ0n) is 6.79. The molecule has 71 valence electrons. The molecule has 1 N–H and O–H groups in total. The minimum Gasteiger partial charge on any atom is -0.505 e. The molecule has 0 unspecified atom stereocenters. The number of thiazole rings is 1. The van der Waals surface area contributed by atoms with Gasteiger partial charge in [-0.1, -0.05) is 23.2 Å². The van der Waals surface area contributed by atoms with Gasteiger partial charge in [-0.05, 0) is 12.1 Å². The largest absolute Gasteiger partial charge is 0.505 e. The van der Waals surface area contributed by atoms with E-state index in [2.05, 4.69) is 10.5 Å². The fourth-order valence-electron chi connectivity index (χ4n) is 1.03. The highest BCUT2D eigenvalue weighted by atomic mass is 35.5. The molecule has 1 aromatic carbocycles. The van der Waals surface area contributed by atoms with Gasteiger partial charge in [-0.3, -0.25) is 0 Å². The van der Waals surface area contributed by atoms with Gasteiger partial charge in [0, 0.05) is 10.9 Å². The third-order valence-corrected chi connectivity index (χ3v) is 2.82. The summed E-state index contributed by atoms with van der Waals surface area (Å²) in [4.78, 5) is 3.99. The molecule has 5 heteroatoms. The first-order chi connectivity index (χ1) is 6.68. The van der Waals surface area contributed by atoms with Crippen molar-refractivity contribution in [3.63, 3.8) is 0 Å². The second kappa shape index (κ2) is 3.77. The molecule has 14 heavy (non-hydrogen) atoms. The lowest BCUT2D eigenvalue weighted by atomic mass is 10.2. The zero-order valence-corrected chi connectivity index (χ0v) is 9.12. The summed E-state index contributed by atoms with van der Waals surface area (Å²) in [5.41, 5.74) is 4.25. The number of aromatic hydroxyl groups is 1. The first-order valence-electron chi connectivity index (χ1n) is 3.68. The maximum Gasteiger partial charge on any atom is 0.152 e. The van der Waals surface area contributed by atoms with Gasteiger partial charge in [0.15, 0.2) is 11.3 Å². The Balaban J connectivity index is 2.57. The van der Waals surface area contributed by atoms with E-state index in [1.807, 2.05) is 5.38 Å². The third kappa shape index (κ3) is 1.71. The number of phenols is 1. The van der Waals surface area contributed by atoms with Crippen LogP contribution in [0.2, 0.25) is 10.0 Å². The molecule has 1 aromatic heterocycles. The van der Waals surface area contributed by atoms with Gasteiger partial charge in [-0.15, -0.1) is 11.3 Å². The van der Waals surface area contributed by atoms with Gasteiger partial charge in [0.05, 0.1) is 15.7 Å². The number of halogens is 2. The van der Waals surface area contributed by atoms with Crippen LogP contribution < -0.4 is 0 Å². The number of phenolic OH excluding ortho intramolecular Hbond substituents is 1. The molecule has 1 radical (unpaired) electrons. The Labute approximate surface area is 94.7 Å². The highest BCUT2D eigenvalue weighted by molar-refractivity contribution is 7.07. The summed E-state index contributed by atoms with van der Waals surface area (Å²) in [5, 5.41) is 11.6. The second-order valence-electron chi connectivity index (χ2n) is 2.61. The van der Waals surface area contributed by atoms with E-state index in [1.54, 1.807) is 12.1 Å². The summed E-state index contributed by atoms with van der Waals surface area (Å²) < 4.78 is 0. The van der Waals surface area contributed by atoms with Crippen LogP contribution in [0.3, 0.4) is 0 Å². The molecule has 0 fully saturated rings. The number of nitrogens with zero attached hydrogens (tertiary/aromatic N) is 1. The average Bonchev–Trinajstić information content (AvgIpc) is 2.66. The summed E-state index contributed by atoms with van der Waals surface area (Å²) in [6.45, 7) is 0. The highest BCUT2D eigenvalue weighted by Crippen LogP contribution is 2.36. The van der Waals surface area contributed by atoms with Crippen molar-refractivity contribution in [2.75, 3.05) is 0 Å². The van der Waals surface area contributed by atoms with Gasteiger partial charge in [0.2, 0.25) is 0 Å². The Bertz CT molecular complexity index is 433. The molecule has 0 atom stereocenters. The molecule has 2 aromatic rings. The minimum atomic E-state index is -0.101. The van der Waals surface area contributed by atoms with Crippen LogP contribution in [0.15, 0.2) is 17.5 Å². The zero-order chi connectivity index (χ0) is 10.1. The van der Waals surface area contributed by atoms with E-state index in [0.717, 1.165) is 11.3 Å². The van der Waals surface area contributed by atoms with Crippen molar-refractivity contribution >= 4 is 34.5 Å². The maximum atomic E-state index is 9.34. The molecule has 2 nitrogen and oxygen atoms in total. The molecule has 0 amide bonds. The Kier molecular flexibility index (Phi) is 2.63. The van der Waals surface area contributed by atoms with E-state index in [4.69, 9.17) is 23.2 Å². The van der Waals surface area contributed by atoms with Crippen molar-refractivity contribution in [2.24, 2.45) is 0 Å². The van der Waals surface area contributed by atoms with Gasteiger partial charge < -0.3 is 5.11 Å². The number of aromatic nitrogens is 1. The van der Waals surface area contributed by atoms with Gasteiger partial charge >= 0.3 is 0 Å². The van der Waals surface area contributed by atoms with Crippen molar-refractivity contribution in [2.45, 2.75) is 0 Å². The van der Waals surface area contributed by atoms with E-state index < -0.39 is 0 Å². The minimum absolute atomic E-state index is 0.101. The van der Waals surface area contributed by atoms with E-state index >= 15 is 0 Å². The number of hydrogen-bond acceptors (Lipinski definition) is 3. The first kappa shape index (κ1) is 9.77. The van der Waals surface area contributed by atoms with Gasteiger partial charge in [0.25, 0.3) is 0 Å². The molecule has 0 aliphatic heterocycles. The lowest BCUT2D eigenvalue weighted by Gasteiger charge is -2.02. The molecule has 1 heterocycles. The van der Waals surface area contributed by atoms with Crippen molar-refractivity contribution in [3.8, 4) is 17.0 Å². The molecule has 0 saturated heterocycles. The quantitative estimate of drug-likeness (QED) is 0.832. The summed E-state index contributed by atoms with van der Waals surface area (Å²) >= 11 is 12.9. The van der Waals surface area contributed by atoms with Crippen molar-refractivity contribution in [3.05, 3.63) is 33.1 Å². The van der Waals surface area contributed by atoms with Gasteiger partial charge in [-0.2, -0.15) is 0 Å². The Morgan fingerprint density at radius 2 is 1.93 bits per heavy atom. The highest BCUT2D eigenvalue weighted by Gasteiger charge is 2.08. The Hall–Kier alpha value is -0.770. The summed E-state index contributed by atoms with van der Waals surface area (Å²) in [7, 11) is 0. The maximum absolute atomic E-state index is 9.34. The molecule has 0 saturated carbocycles. The van der Waals surface area contributed by atoms with Crippen molar-refractivity contribution < 1.29 is 5.11 Å². The molecule has 2 rings (SSSR count). The van der Waals surface area contributed by atoms with Crippen LogP contribution in [0.1, 0.15) is 0 Å². The lowest BCUT2D eigenvalue weighted by molar-refractivity contribution is 0.476. The summed E-state index contributed by atoms with van der Waals surface area (Å²) in [6, 6.07) is 3.23. The average molecular weight is 245 g/mol. The van der Waals surface area contributed by atoms with Crippen LogP contribution >= 0.6 is 34.5 Å². The molecule has 0 bridgehead atoms. The topological polar surface area (TPSA) is 33.1 Å². The van der Waals surface area contributed by atoms with E-state index in [-0.39, 0.29) is 15.8 Å². The fraction of sp³-hybridized carbons (Fsp3) is 0. The lowest BCUT2D eigenvalue weighted by Crippen LogP contribution is -1.79. The standard InChI is InChI=1S/C9H4Cl2NOS/c10-6-1-5(2-7(11)9(6)13)8-3-14-4-12-8/h1-3,13H. The Morgan fingerprint density at radius 3 is 2.43 bits per heavy atom. The van der Waals surface area contributed by atoms with E-state index in [1.165, 1.54) is 11.3 Å². The van der Waals surface area contributed by atoms with Crippen LogP contribution in [0.25, 0.3) is 11.3 Å². The van der Waals surface area contributed by atoms with Crippen LogP contribution in [0, 0.1) is 5.51 Å². The SMILES string of the molecule is Oc1c(Cl)cc(-c2cs[c]n2)cc1Cl. The monoisotopic (exact) mass is 244 g/mol. The van der Waals surface area contributed by atoms with Crippen molar-refractivity contribution in [1.82, 2.24) is 4.98 Å². The van der Waals surface area contributed by atoms with E-state index in [0.29, 0.717) is 0 Å². The third-order valence-electron chi connectivity index (χ3n) is 1.70. The smallest absolute Gasteiger partial charge is 0.152 e. The molecular formula is C9H4Cl2NOS. The van der Waals surface area contributed by atoms with Crippen LogP contribution in [0.5, 0.6) is 5.75 Å². The van der Waals surface area contributed by atoms with Gasteiger partial charge in [-0.25, -0.2) is 4.98 Å². The first-order valence-corrected chi connectivity index (χ1v) is 5.32. The Morgan fingerprint density at radius 1 is 1.29 bits per heavy atom. The van der Waals surface area contributed by atoms with Crippen molar-refractivity contribution in [1.29, 1.82) is 0 Å². The second-order valence-corrected chi connectivity index (χ2v) is 4.08. The number of benzene rings is 1. The van der Waals surface area contributed by atoms with E-state index in [9.17, 15) is 5.11 Å². The fourth-order valence-corrected chi connectivity index (χ4v) is 2.02. The predicted molar refractivity (Wildman–Crippen MR) is 58.1 cm³/mol. The molecule has 0 aliphatic rings. The summed E-state index contributed by atoms with van der Waals surface area (Å²) in [6.07, 6.45) is 0. The summed E-state index contributed by atoms with van der Waals surface area (Å²) in [5.74, 6) is -0.101. The molecular weight excluding hydrogens is 241 g/mol. The van der Waals surface area contributed by atoms with Gasteiger partial charge in [0.1, 0.15) is 0 Å². The molecule has 0 aliphatic carbocycles. The normalized spacial score (nSPS) is 10.4. The number of rotatable bonds is 1.